The van der Waals surface area contributed by atoms with E-state index >= 15 is 0 Å². The van der Waals surface area contributed by atoms with Crippen LogP contribution in [0, 0.1) is 0 Å². The van der Waals surface area contributed by atoms with Gasteiger partial charge in [0, 0.05) is 10.8 Å². The van der Waals surface area contributed by atoms with Crippen molar-refractivity contribution in [1.29, 1.82) is 0 Å². The Hall–Kier alpha value is -8.00. The first kappa shape index (κ1) is 36.1. The molecule has 0 saturated heterocycles. The highest BCUT2D eigenvalue weighted by Crippen LogP contribution is 2.47. The molecule has 11 aromatic rings. The van der Waals surface area contributed by atoms with Gasteiger partial charge in [-0.3, -0.25) is 0 Å². The molecule has 0 spiro atoms. The molecule has 286 valence electrons. The van der Waals surface area contributed by atoms with Crippen LogP contribution in [0.1, 0.15) is 5.56 Å². The average Bonchev–Trinajstić information content (AvgIpc) is 3.70. The lowest BCUT2D eigenvalue weighted by atomic mass is 9.83. The lowest BCUT2D eigenvalue weighted by molar-refractivity contribution is 0.669. The van der Waals surface area contributed by atoms with Crippen molar-refractivity contribution < 1.29 is 4.42 Å². The highest BCUT2D eigenvalue weighted by molar-refractivity contribution is 6.22. The van der Waals surface area contributed by atoms with Gasteiger partial charge >= 0.3 is 0 Å². The summed E-state index contributed by atoms with van der Waals surface area (Å²) in [6, 6.07) is 72.7. The molecule has 1 aromatic heterocycles. The molecule has 0 aliphatic heterocycles. The van der Waals surface area contributed by atoms with E-state index in [1.807, 2.05) is 30.4 Å². The minimum Gasteiger partial charge on any atom is -0.456 e. The third-order valence-electron chi connectivity index (χ3n) is 12.2. The summed E-state index contributed by atoms with van der Waals surface area (Å²) >= 11 is 0. The Balaban J connectivity index is 1.17. The van der Waals surface area contributed by atoms with Gasteiger partial charge in [-0.15, -0.1) is 0 Å². The quantitative estimate of drug-likeness (QED) is 0.111. The summed E-state index contributed by atoms with van der Waals surface area (Å²) in [5, 5.41) is 9.50. The van der Waals surface area contributed by atoms with Crippen LogP contribution in [0.4, 0.5) is 0 Å². The monoisotopic (exact) mass is 776 g/mol. The Kier molecular flexibility index (Phi) is 8.87. The summed E-state index contributed by atoms with van der Waals surface area (Å²) in [6.45, 7) is 8.20. The lowest BCUT2D eigenvalue weighted by Gasteiger charge is -2.20. The Labute approximate surface area is 355 Å². The van der Waals surface area contributed by atoms with Gasteiger partial charge in [0.25, 0.3) is 0 Å². The van der Waals surface area contributed by atoms with Gasteiger partial charge in [-0.2, -0.15) is 0 Å². The number of fused-ring (bicyclic) bond motifs is 6. The van der Waals surface area contributed by atoms with E-state index in [4.69, 9.17) is 4.42 Å². The summed E-state index contributed by atoms with van der Waals surface area (Å²) in [5.41, 5.74) is 15.7. The molecule has 0 aliphatic carbocycles. The molecular weight excluding hydrogens is 737 g/mol. The van der Waals surface area contributed by atoms with Crippen LogP contribution in [-0.4, -0.2) is 0 Å². The van der Waals surface area contributed by atoms with Crippen LogP contribution >= 0.6 is 0 Å². The topological polar surface area (TPSA) is 13.1 Å². The molecule has 10 aromatic carbocycles. The van der Waals surface area contributed by atoms with E-state index in [2.05, 4.69) is 201 Å². The molecule has 0 bridgehead atoms. The third kappa shape index (κ3) is 6.27. The van der Waals surface area contributed by atoms with Gasteiger partial charge in [0.05, 0.1) is 0 Å². The molecule has 0 unspecified atom stereocenters. The second-order valence-electron chi connectivity index (χ2n) is 15.7. The van der Waals surface area contributed by atoms with Crippen molar-refractivity contribution >= 4 is 59.8 Å². The molecule has 0 radical (unpaired) electrons. The maximum Gasteiger partial charge on any atom is 0.135 e. The fourth-order valence-electron chi connectivity index (χ4n) is 9.30. The van der Waals surface area contributed by atoms with Gasteiger partial charge in [-0.25, -0.2) is 0 Å². The molecule has 0 aliphatic rings. The van der Waals surface area contributed by atoms with E-state index in [1.165, 1.54) is 71.3 Å². The van der Waals surface area contributed by atoms with E-state index in [-0.39, 0.29) is 0 Å². The summed E-state index contributed by atoms with van der Waals surface area (Å²) < 4.78 is 6.21. The van der Waals surface area contributed by atoms with Gasteiger partial charge in [0.1, 0.15) is 11.2 Å². The van der Waals surface area contributed by atoms with Gasteiger partial charge < -0.3 is 4.42 Å². The number of allylic oxidation sites excluding steroid dienone is 4. The number of rotatable bonds is 8. The van der Waals surface area contributed by atoms with Crippen molar-refractivity contribution in [1.82, 2.24) is 0 Å². The Morgan fingerprint density at radius 1 is 0.361 bits per heavy atom. The van der Waals surface area contributed by atoms with Crippen LogP contribution in [0.5, 0.6) is 0 Å². The Morgan fingerprint density at radius 2 is 0.934 bits per heavy atom. The molecule has 0 amide bonds. The first-order valence-electron chi connectivity index (χ1n) is 20.8. The van der Waals surface area contributed by atoms with Crippen molar-refractivity contribution in [2.75, 3.05) is 0 Å². The highest BCUT2D eigenvalue weighted by Gasteiger charge is 2.20. The normalized spacial score (nSPS) is 11.8. The molecule has 0 saturated carbocycles. The first-order valence-corrected chi connectivity index (χ1v) is 20.8. The molecule has 1 heteroatoms. The van der Waals surface area contributed by atoms with Crippen LogP contribution in [0.2, 0.25) is 0 Å². The van der Waals surface area contributed by atoms with Crippen LogP contribution in [-0.2, 0) is 0 Å². The van der Waals surface area contributed by atoms with E-state index in [9.17, 15) is 0 Å². The Bertz CT molecular complexity index is 3540. The Morgan fingerprint density at radius 3 is 1.77 bits per heavy atom. The minimum atomic E-state index is 0.895. The van der Waals surface area contributed by atoms with E-state index in [1.54, 1.807) is 0 Å². The molecule has 11 rings (SSSR count). The summed E-state index contributed by atoms with van der Waals surface area (Å²) in [5.74, 6) is 0. The van der Waals surface area contributed by atoms with Crippen molar-refractivity contribution in [3.63, 3.8) is 0 Å². The maximum absolute atomic E-state index is 6.21. The van der Waals surface area contributed by atoms with Gasteiger partial charge in [-0.05, 0) is 135 Å². The number of hydrogen-bond acceptors (Lipinski definition) is 1. The average molecular weight is 777 g/mol. The first-order chi connectivity index (χ1) is 30.1. The summed E-state index contributed by atoms with van der Waals surface area (Å²) in [6.07, 6.45) is 5.78. The maximum atomic E-state index is 6.21. The molecular formula is C60H40O. The number of para-hydroxylation sites is 1. The standard InChI is InChI=1S/C60H40O/c1-3-14-39(4-2)45-29-32-52-56(37-45)60(48-20-12-19-44(35-48)47-31-34-58-54(36-47)51-22-10-11-24-57(51)61-58)53-33-30-46(40-15-6-5-7-16-40)38-55(53)59(52)43-27-25-42(26-28-43)50-23-13-18-41-17-8-9-21-49(41)50/h3-38H,1-2H2/b39-14+. The van der Waals surface area contributed by atoms with Crippen molar-refractivity contribution in [3.05, 3.63) is 237 Å². The zero-order valence-electron chi connectivity index (χ0n) is 33.6. The predicted molar refractivity (Wildman–Crippen MR) is 262 cm³/mol. The number of furan rings is 1. The zero-order chi connectivity index (χ0) is 40.9. The fraction of sp³-hybridized carbons (Fsp3) is 0. The number of benzene rings is 10. The molecule has 0 atom stereocenters. The van der Waals surface area contributed by atoms with Crippen molar-refractivity contribution in [2.45, 2.75) is 0 Å². The second kappa shape index (κ2) is 15.0. The number of hydrogen-bond donors (Lipinski definition) is 0. The van der Waals surface area contributed by atoms with E-state index < -0.39 is 0 Å². The smallest absolute Gasteiger partial charge is 0.135 e. The van der Waals surface area contributed by atoms with Crippen molar-refractivity contribution in [2.24, 2.45) is 0 Å². The van der Waals surface area contributed by atoms with Crippen LogP contribution < -0.4 is 0 Å². The highest BCUT2D eigenvalue weighted by atomic mass is 16.3. The second-order valence-corrected chi connectivity index (χ2v) is 15.7. The largest absolute Gasteiger partial charge is 0.456 e. The van der Waals surface area contributed by atoms with Crippen molar-refractivity contribution in [3.8, 4) is 55.6 Å². The van der Waals surface area contributed by atoms with Gasteiger partial charge in [-0.1, -0.05) is 195 Å². The SMILES string of the molecule is C=C/C=C(\C=C)c1ccc2c(-c3ccc(-c4cccc5ccccc45)cc3)c3cc(-c4ccccc4)ccc3c(-c3cccc(-c4ccc5oc6ccccc6c5c4)c3)c2c1. The van der Waals surface area contributed by atoms with E-state index in [0.29, 0.717) is 0 Å². The van der Waals surface area contributed by atoms with E-state index in [0.717, 1.165) is 49.8 Å². The van der Waals surface area contributed by atoms with Gasteiger partial charge in [0.15, 0.2) is 0 Å². The third-order valence-corrected chi connectivity index (χ3v) is 12.2. The molecule has 61 heavy (non-hydrogen) atoms. The minimum absolute atomic E-state index is 0.895. The van der Waals surface area contributed by atoms with Crippen LogP contribution in [0.3, 0.4) is 0 Å². The molecule has 0 fully saturated rings. The summed E-state index contributed by atoms with van der Waals surface area (Å²) in [7, 11) is 0. The predicted octanol–water partition coefficient (Wildman–Crippen LogP) is 17.1. The molecule has 0 N–H and O–H groups in total. The van der Waals surface area contributed by atoms with Crippen LogP contribution in [0.15, 0.2) is 236 Å². The molecule has 1 nitrogen and oxygen atoms in total. The fourth-order valence-corrected chi connectivity index (χ4v) is 9.30. The van der Waals surface area contributed by atoms with Gasteiger partial charge in [0.2, 0.25) is 0 Å². The summed E-state index contributed by atoms with van der Waals surface area (Å²) in [4.78, 5) is 0. The zero-order valence-corrected chi connectivity index (χ0v) is 33.6. The molecule has 1 heterocycles. The van der Waals surface area contributed by atoms with Crippen LogP contribution in [0.25, 0.3) is 115 Å². The lowest BCUT2D eigenvalue weighted by Crippen LogP contribution is -1.94.